The van der Waals surface area contributed by atoms with Crippen molar-refractivity contribution in [1.82, 2.24) is 5.32 Å². The van der Waals surface area contributed by atoms with Crippen LogP contribution in [-0.2, 0) is 16.0 Å². The molecule has 2 rings (SSSR count). The summed E-state index contributed by atoms with van der Waals surface area (Å²) in [6.07, 6.45) is 0.611. The van der Waals surface area contributed by atoms with Crippen molar-refractivity contribution in [2.45, 2.75) is 13.3 Å². The largest absolute Gasteiger partial charge is 0.484 e. The number of carbonyl (C=O) groups is 2. The minimum absolute atomic E-state index is 0.123. The molecule has 0 fully saturated rings. The van der Waals surface area contributed by atoms with Gasteiger partial charge in [-0.05, 0) is 55.3 Å². The molecule has 0 aliphatic rings. The van der Waals surface area contributed by atoms with Gasteiger partial charge in [0.15, 0.2) is 6.61 Å². The first-order valence-electron chi connectivity index (χ1n) is 7.99. The molecule has 6 heteroatoms. The van der Waals surface area contributed by atoms with Gasteiger partial charge in [-0.1, -0.05) is 12.1 Å². The summed E-state index contributed by atoms with van der Waals surface area (Å²) in [4.78, 5) is 23.3. The number of benzene rings is 2. The van der Waals surface area contributed by atoms with Crippen LogP contribution in [0, 0.1) is 5.82 Å². The van der Waals surface area contributed by atoms with Crippen LogP contribution in [0.25, 0.3) is 0 Å². The summed E-state index contributed by atoms with van der Waals surface area (Å²) in [5, 5.41) is 2.73. The van der Waals surface area contributed by atoms with E-state index in [0.29, 0.717) is 30.9 Å². The van der Waals surface area contributed by atoms with Gasteiger partial charge in [0, 0.05) is 6.54 Å². The summed E-state index contributed by atoms with van der Waals surface area (Å²) in [5.41, 5.74) is 1.37. The normalized spacial score (nSPS) is 10.2. The van der Waals surface area contributed by atoms with Crippen molar-refractivity contribution in [3.63, 3.8) is 0 Å². The lowest BCUT2D eigenvalue weighted by Crippen LogP contribution is -2.30. The Morgan fingerprint density at radius 3 is 2.36 bits per heavy atom. The molecule has 1 N–H and O–H groups in total. The molecule has 5 nitrogen and oxygen atoms in total. The molecule has 0 aliphatic heterocycles. The van der Waals surface area contributed by atoms with E-state index in [9.17, 15) is 14.0 Å². The van der Waals surface area contributed by atoms with Crippen molar-refractivity contribution in [3.05, 3.63) is 65.5 Å². The summed E-state index contributed by atoms with van der Waals surface area (Å²) in [6.45, 7) is 2.37. The lowest BCUT2D eigenvalue weighted by atomic mass is 10.1. The van der Waals surface area contributed by atoms with Crippen LogP contribution in [0.15, 0.2) is 48.5 Å². The number of nitrogens with one attached hydrogen (secondary N) is 1. The number of hydrogen-bond donors (Lipinski definition) is 1. The smallest absolute Gasteiger partial charge is 0.338 e. The first-order chi connectivity index (χ1) is 12.1. The summed E-state index contributed by atoms with van der Waals surface area (Å²) in [7, 11) is 0. The molecule has 2 aromatic rings. The molecule has 0 atom stereocenters. The van der Waals surface area contributed by atoms with Gasteiger partial charge in [-0.3, -0.25) is 4.79 Å². The molecule has 2 aromatic carbocycles. The second kappa shape index (κ2) is 9.42. The summed E-state index contributed by atoms with van der Waals surface area (Å²) >= 11 is 0. The molecule has 0 aliphatic carbocycles. The first kappa shape index (κ1) is 18.4. The second-order valence-electron chi connectivity index (χ2n) is 5.26. The number of amides is 1. The third kappa shape index (κ3) is 6.25. The highest BCUT2D eigenvalue weighted by atomic mass is 19.1. The average molecular weight is 345 g/mol. The predicted molar refractivity (Wildman–Crippen MR) is 91.0 cm³/mol. The van der Waals surface area contributed by atoms with E-state index >= 15 is 0 Å². The van der Waals surface area contributed by atoms with Crippen LogP contribution < -0.4 is 10.1 Å². The van der Waals surface area contributed by atoms with Gasteiger partial charge in [0.25, 0.3) is 5.91 Å². The fourth-order valence-corrected chi connectivity index (χ4v) is 2.10. The van der Waals surface area contributed by atoms with Crippen LogP contribution in [0.4, 0.5) is 4.39 Å². The minimum Gasteiger partial charge on any atom is -0.484 e. The fraction of sp³-hybridized carbons (Fsp3) is 0.263. The van der Waals surface area contributed by atoms with Gasteiger partial charge in [0.2, 0.25) is 0 Å². The SMILES string of the molecule is CCOC(=O)c1ccc(OCC(=O)NCCc2ccc(F)cc2)cc1. The van der Waals surface area contributed by atoms with Crippen molar-refractivity contribution in [2.24, 2.45) is 0 Å². The molecule has 0 saturated heterocycles. The number of rotatable bonds is 8. The van der Waals surface area contributed by atoms with Crippen molar-refractivity contribution in [1.29, 1.82) is 0 Å². The first-order valence-corrected chi connectivity index (χ1v) is 7.99. The van der Waals surface area contributed by atoms with Crippen LogP contribution >= 0.6 is 0 Å². The lowest BCUT2D eigenvalue weighted by molar-refractivity contribution is -0.123. The molecule has 0 radical (unpaired) electrons. The molecule has 132 valence electrons. The second-order valence-corrected chi connectivity index (χ2v) is 5.26. The highest BCUT2D eigenvalue weighted by Crippen LogP contribution is 2.13. The fourth-order valence-electron chi connectivity index (χ4n) is 2.10. The van der Waals surface area contributed by atoms with E-state index in [-0.39, 0.29) is 18.3 Å². The van der Waals surface area contributed by atoms with Crippen molar-refractivity contribution >= 4 is 11.9 Å². The Balaban J connectivity index is 1.70. The maximum Gasteiger partial charge on any atom is 0.338 e. The van der Waals surface area contributed by atoms with Crippen molar-refractivity contribution in [2.75, 3.05) is 19.8 Å². The van der Waals surface area contributed by atoms with Crippen LogP contribution in [0.1, 0.15) is 22.8 Å². The predicted octanol–water partition coefficient (Wildman–Crippen LogP) is 2.74. The zero-order chi connectivity index (χ0) is 18.1. The molecule has 0 heterocycles. The van der Waals surface area contributed by atoms with Gasteiger partial charge < -0.3 is 14.8 Å². The quantitative estimate of drug-likeness (QED) is 0.747. The molecule has 0 aromatic heterocycles. The third-order valence-corrected chi connectivity index (χ3v) is 3.38. The summed E-state index contributed by atoms with van der Waals surface area (Å²) < 4.78 is 23.1. The zero-order valence-corrected chi connectivity index (χ0v) is 14.0. The average Bonchev–Trinajstić information content (AvgIpc) is 2.62. The Morgan fingerprint density at radius 1 is 1.04 bits per heavy atom. The number of esters is 1. The molecule has 0 saturated carbocycles. The van der Waals surface area contributed by atoms with Gasteiger partial charge >= 0.3 is 5.97 Å². The van der Waals surface area contributed by atoms with E-state index in [1.54, 1.807) is 43.3 Å². The lowest BCUT2D eigenvalue weighted by Gasteiger charge is -2.08. The Labute approximate surface area is 145 Å². The number of carbonyl (C=O) groups excluding carboxylic acids is 2. The molecule has 0 bridgehead atoms. The van der Waals surface area contributed by atoms with Gasteiger partial charge in [-0.15, -0.1) is 0 Å². The molecule has 1 amide bonds. The van der Waals surface area contributed by atoms with Crippen LogP contribution in [0.5, 0.6) is 5.75 Å². The number of hydrogen-bond acceptors (Lipinski definition) is 4. The third-order valence-electron chi connectivity index (χ3n) is 3.38. The Morgan fingerprint density at radius 2 is 1.72 bits per heavy atom. The Bertz CT molecular complexity index is 698. The van der Waals surface area contributed by atoms with E-state index in [1.807, 2.05) is 0 Å². The van der Waals surface area contributed by atoms with Crippen LogP contribution in [0.2, 0.25) is 0 Å². The monoisotopic (exact) mass is 345 g/mol. The topological polar surface area (TPSA) is 64.6 Å². The van der Waals surface area contributed by atoms with Gasteiger partial charge in [0.05, 0.1) is 12.2 Å². The number of ether oxygens (including phenoxy) is 2. The molecule has 0 unspecified atom stereocenters. The maximum absolute atomic E-state index is 12.8. The van der Waals surface area contributed by atoms with Gasteiger partial charge in [0.1, 0.15) is 11.6 Å². The molecular formula is C19H20FNO4. The zero-order valence-electron chi connectivity index (χ0n) is 14.0. The van der Waals surface area contributed by atoms with E-state index in [0.717, 1.165) is 5.56 Å². The van der Waals surface area contributed by atoms with Crippen molar-refractivity contribution in [3.8, 4) is 5.75 Å². The van der Waals surface area contributed by atoms with E-state index < -0.39 is 5.97 Å². The van der Waals surface area contributed by atoms with E-state index in [1.165, 1.54) is 12.1 Å². The molecular weight excluding hydrogens is 325 g/mol. The standard InChI is InChI=1S/C19H20FNO4/c1-2-24-19(23)15-5-9-17(10-6-15)25-13-18(22)21-12-11-14-3-7-16(20)8-4-14/h3-10H,2,11-13H2,1H3,(H,21,22). The van der Waals surface area contributed by atoms with Crippen LogP contribution in [0.3, 0.4) is 0 Å². The maximum atomic E-state index is 12.8. The minimum atomic E-state index is -0.396. The molecule has 25 heavy (non-hydrogen) atoms. The molecule has 0 spiro atoms. The highest BCUT2D eigenvalue weighted by Gasteiger charge is 2.07. The number of halogens is 1. The highest BCUT2D eigenvalue weighted by molar-refractivity contribution is 5.89. The van der Waals surface area contributed by atoms with Crippen LogP contribution in [-0.4, -0.2) is 31.6 Å². The van der Waals surface area contributed by atoms with Crippen molar-refractivity contribution < 1.29 is 23.5 Å². The van der Waals surface area contributed by atoms with Gasteiger partial charge in [-0.2, -0.15) is 0 Å². The summed E-state index contributed by atoms with van der Waals surface area (Å²) in [6, 6.07) is 12.5. The Kier molecular flexibility index (Phi) is 6.95. The van der Waals surface area contributed by atoms with E-state index in [4.69, 9.17) is 9.47 Å². The van der Waals surface area contributed by atoms with E-state index in [2.05, 4.69) is 5.32 Å². The van der Waals surface area contributed by atoms with Gasteiger partial charge in [-0.25, -0.2) is 9.18 Å². The summed E-state index contributed by atoms with van der Waals surface area (Å²) in [5.74, 6) is -0.443. The Hall–Kier alpha value is -2.89.